The lowest BCUT2D eigenvalue weighted by Crippen LogP contribution is -2.43. The molecule has 1 N–H and O–H groups in total. The number of rotatable bonds is 6. The molecule has 1 aromatic heterocycles. The molecule has 0 spiro atoms. The Kier molecular flexibility index (Phi) is 6.07. The molecule has 0 saturated heterocycles. The van der Waals surface area contributed by atoms with Crippen molar-refractivity contribution in [3.8, 4) is 11.5 Å². The second kappa shape index (κ2) is 9.09. The third-order valence-electron chi connectivity index (χ3n) is 5.24. The van der Waals surface area contributed by atoms with Gasteiger partial charge >= 0.3 is 0 Å². The molecule has 2 aromatic carbocycles. The number of nitrogens with zero attached hydrogens (tertiary/aromatic N) is 3. The summed E-state index contributed by atoms with van der Waals surface area (Å²) in [7, 11) is 3.31. The minimum atomic E-state index is -0.653. The van der Waals surface area contributed by atoms with Crippen molar-refractivity contribution in [3.63, 3.8) is 0 Å². The zero-order chi connectivity index (χ0) is 22.7. The highest BCUT2D eigenvalue weighted by atomic mass is 19.1. The van der Waals surface area contributed by atoms with E-state index in [1.807, 2.05) is 6.07 Å². The average molecular weight is 438 g/mol. The van der Waals surface area contributed by atoms with E-state index in [0.29, 0.717) is 29.4 Å². The molecule has 166 valence electrons. The third kappa shape index (κ3) is 4.56. The fourth-order valence-electron chi connectivity index (χ4n) is 3.68. The molecule has 9 heteroatoms. The van der Waals surface area contributed by atoms with Gasteiger partial charge < -0.3 is 19.7 Å². The number of ether oxygens (including phenoxy) is 2. The number of amides is 2. The maximum absolute atomic E-state index is 13.2. The molecular weight excluding hydrogens is 415 g/mol. The van der Waals surface area contributed by atoms with E-state index in [4.69, 9.17) is 9.47 Å². The number of anilines is 1. The topological polar surface area (TPSA) is 85.7 Å². The maximum Gasteiger partial charge on any atom is 0.260 e. The van der Waals surface area contributed by atoms with E-state index in [1.54, 1.807) is 41.0 Å². The number of carbonyl (C=O) groups is 2. The third-order valence-corrected chi connectivity index (χ3v) is 5.24. The number of halogens is 1. The first-order valence-corrected chi connectivity index (χ1v) is 10.1. The molecule has 0 saturated carbocycles. The quantitative estimate of drug-likeness (QED) is 0.640. The lowest BCUT2D eigenvalue weighted by molar-refractivity contribution is -0.135. The van der Waals surface area contributed by atoms with Crippen LogP contribution in [0.4, 0.5) is 10.1 Å². The number of hydrogen-bond donors (Lipinski definition) is 1. The molecule has 0 fully saturated rings. The van der Waals surface area contributed by atoms with Gasteiger partial charge in [-0.2, -0.15) is 5.10 Å². The first-order chi connectivity index (χ1) is 15.4. The monoisotopic (exact) mass is 438 g/mol. The molecule has 1 atom stereocenters. The van der Waals surface area contributed by atoms with E-state index >= 15 is 0 Å². The summed E-state index contributed by atoms with van der Waals surface area (Å²) in [6.45, 7) is 0.270. The number of hydrogen-bond acceptors (Lipinski definition) is 5. The summed E-state index contributed by atoms with van der Waals surface area (Å²) < 4.78 is 25.5. The maximum atomic E-state index is 13.2. The van der Waals surface area contributed by atoms with Crippen LogP contribution < -0.4 is 14.8 Å². The largest absolute Gasteiger partial charge is 0.495 e. The smallest absolute Gasteiger partial charge is 0.260 e. The number of nitrogens with one attached hydrogen (secondary N) is 1. The van der Waals surface area contributed by atoms with Crippen LogP contribution >= 0.6 is 0 Å². The molecule has 2 heterocycles. The Balaban J connectivity index is 1.50. The summed E-state index contributed by atoms with van der Waals surface area (Å²) in [6.07, 6.45) is 1.80. The predicted molar refractivity (Wildman–Crippen MR) is 115 cm³/mol. The van der Waals surface area contributed by atoms with Crippen LogP contribution in [0.5, 0.6) is 11.5 Å². The van der Waals surface area contributed by atoms with Gasteiger partial charge in [0.05, 0.1) is 18.5 Å². The molecule has 4 rings (SSSR count). The predicted octanol–water partition coefficient (Wildman–Crippen LogP) is 2.71. The molecule has 0 unspecified atom stereocenters. The van der Waals surface area contributed by atoms with E-state index in [1.165, 1.54) is 31.4 Å². The Bertz CT molecular complexity index is 1130. The average Bonchev–Trinajstić information content (AvgIpc) is 3.18. The standard InChI is InChI=1S/C23H23FN4O4/c1-27-11-15-12-28(21(29)14-32-17-9-7-16(24)8-10-17)13-18(22(15)26-27)23(30)25-19-5-3-4-6-20(19)31-2/h3-11,18H,12-14H2,1-2H3,(H,25,30)/t18-/m1/s1. The summed E-state index contributed by atoms with van der Waals surface area (Å²) in [5, 5.41) is 7.34. The van der Waals surface area contributed by atoms with Crippen molar-refractivity contribution in [2.24, 2.45) is 7.05 Å². The SMILES string of the molecule is COc1ccccc1NC(=O)[C@@H]1CN(C(=O)COc2ccc(F)cc2)Cc2cn(C)nc21. The number of aromatic nitrogens is 2. The van der Waals surface area contributed by atoms with E-state index in [-0.39, 0.29) is 30.8 Å². The van der Waals surface area contributed by atoms with Gasteiger partial charge in [-0.1, -0.05) is 12.1 Å². The van der Waals surface area contributed by atoms with Crippen LogP contribution in [0.15, 0.2) is 54.7 Å². The minimum Gasteiger partial charge on any atom is -0.495 e. The van der Waals surface area contributed by atoms with Gasteiger partial charge in [0.15, 0.2) is 6.61 Å². The van der Waals surface area contributed by atoms with Crippen LogP contribution in [-0.4, -0.2) is 46.8 Å². The zero-order valence-corrected chi connectivity index (χ0v) is 17.7. The highest BCUT2D eigenvalue weighted by molar-refractivity contribution is 5.97. The molecule has 8 nitrogen and oxygen atoms in total. The van der Waals surface area contributed by atoms with Crippen LogP contribution in [0.25, 0.3) is 0 Å². The van der Waals surface area contributed by atoms with Gasteiger partial charge in [0, 0.05) is 31.9 Å². The van der Waals surface area contributed by atoms with Crippen LogP contribution in [0.3, 0.4) is 0 Å². The second-order valence-electron chi connectivity index (χ2n) is 7.47. The molecular formula is C23H23FN4O4. The van der Waals surface area contributed by atoms with Crippen molar-refractivity contribution in [2.75, 3.05) is 25.6 Å². The number of para-hydroxylation sites is 2. The Morgan fingerprint density at radius 1 is 1.19 bits per heavy atom. The van der Waals surface area contributed by atoms with Gasteiger partial charge in [-0.25, -0.2) is 4.39 Å². The number of methoxy groups -OCH3 is 1. The second-order valence-corrected chi connectivity index (χ2v) is 7.47. The van der Waals surface area contributed by atoms with Crippen molar-refractivity contribution in [1.29, 1.82) is 0 Å². The van der Waals surface area contributed by atoms with Crippen molar-refractivity contribution in [1.82, 2.24) is 14.7 Å². The Hall–Kier alpha value is -3.88. The summed E-state index contributed by atoms with van der Waals surface area (Å²) in [6, 6.07) is 12.6. The van der Waals surface area contributed by atoms with Crippen LogP contribution in [0.2, 0.25) is 0 Å². The van der Waals surface area contributed by atoms with E-state index in [0.717, 1.165) is 5.56 Å². The summed E-state index contributed by atoms with van der Waals surface area (Å²) in [4.78, 5) is 27.6. The van der Waals surface area contributed by atoms with Crippen LogP contribution in [-0.2, 0) is 23.2 Å². The van der Waals surface area contributed by atoms with Crippen molar-refractivity contribution in [2.45, 2.75) is 12.5 Å². The molecule has 0 aliphatic carbocycles. The molecule has 1 aliphatic rings. The molecule has 3 aromatic rings. The fourth-order valence-corrected chi connectivity index (χ4v) is 3.68. The first-order valence-electron chi connectivity index (χ1n) is 10.1. The highest BCUT2D eigenvalue weighted by Crippen LogP contribution is 2.30. The number of carbonyl (C=O) groups excluding carboxylic acids is 2. The zero-order valence-electron chi connectivity index (χ0n) is 17.7. The van der Waals surface area contributed by atoms with Gasteiger partial charge in [-0.3, -0.25) is 14.3 Å². The molecule has 0 radical (unpaired) electrons. The Labute approximate surface area is 184 Å². The van der Waals surface area contributed by atoms with Crippen molar-refractivity contribution < 1.29 is 23.5 Å². The van der Waals surface area contributed by atoms with Gasteiger partial charge in [0.25, 0.3) is 5.91 Å². The lowest BCUT2D eigenvalue weighted by atomic mass is 9.95. The summed E-state index contributed by atoms with van der Waals surface area (Å²) in [5.41, 5.74) is 1.98. The van der Waals surface area contributed by atoms with Crippen LogP contribution in [0.1, 0.15) is 17.2 Å². The fraction of sp³-hybridized carbons (Fsp3) is 0.261. The summed E-state index contributed by atoms with van der Waals surface area (Å²) in [5.74, 6) is -0.666. The van der Waals surface area contributed by atoms with E-state index < -0.39 is 5.92 Å². The molecule has 32 heavy (non-hydrogen) atoms. The normalized spacial score (nSPS) is 15.1. The number of aryl methyl sites for hydroxylation is 1. The Morgan fingerprint density at radius 2 is 1.94 bits per heavy atom. The van der Waals surface area contributed by atoms with Gasteiger partial charge in [0.1, 0.15) is 23.2 Å². The Morgan fingerprint density at radius 3 is 2.69 bits per heavy atom. The van der Waals surface area contributed by atoms with Crippen LogP contribution in [0, 0.1) is 5.82 Å². The molecule has 1 aliphatic heterocycles. The van der Waals surface area contributed by atoms with E-state index in [9.17, 15) is 14.0 Å². The van der Waals surface area contributed by atoms with E-state index in [2.05, 4.69) is 10.4 Å². The highest BCUT2D eigenvalue weighted by Gasteiger charge is 2.35. The number of fused-ring (bicyclic) bond motifs is 1. The first kappa shape index (κ1) is 21.4. The van der Waals surface area contributed by atoms with Gasteiger partial charge in [0.2, 0.25) is 5.91 Å². The number of benzene rings is 2. The van der Waals surface area contributed by atoms with Crippen molar-refractivity contribution in [3.05, 3.63) is 71.8 Å². The van der Waals surface area contributed by atoms with Crippen molar-refractivity contribution >= 4 is 17.5 Å². The summed E-state index contributed by atoms with van der Waals surface area (Å²) >= 11 is 0. The van der Waals surface area contributed by atoms with Gasteiger partial charge in [-0.15, -0.1) is 0 Å². The van der Waals surface area contributed by atoms with Gasteiger partial charge in [-0.05, 0) is 36.4 Å². The molecule has 0 bridgehead atoms. The molecule has 2 amide bonds. The minimum absolute atomic E-state index is 0.163. The lowest BCUT2D eigenvalue weighted by Gasteiger charge is -2.31.